The molecule has 1 amide bonds. The number of ether oxygens (including phenoxy) is 1. The van der Waals surface area contributed by atoms with Crippen molar-refractivity contribution < 1.29 is 19.4 Å². The molecule has 144 valence electrons. The van der Waals surface area contributed by atoms with Crippen LogP contribution in [0.25, 0.3) is 0 Å². The first kappa shape index (κ1) is 20.3. The van der Waals surface area contributed by atoms with Crippen molar-refractivity contribution in [1.82, 2.24) is 5.32 Å². The van der Waals surface area contributed by atoms with Crippen molar-refractivity contribution in [3.63, 3.8) is 0 Å². The molecule has 0 saturated carbocycles. The monoisotopic (exact) mass is 361 g/mol. The second-order valence-corrected chi connectivity index (χ2v) is 7.16. The summed E-state index contributed by atoms with van der Waals surface area (Å²) in [5, 5.41) is 11.1. The maximum absolute atomic E-state index is 11.6. The fourth-order valence-corrected chi connectivity index (χ4v) is 3.50. The number of cyclic esters (lactones) is 1. The number of hydrogen-bond donors (Lipinski definition) is 2. The zero-order valence-electron chi connectivity index (χ0n) is 15.7. The van der Waals surface area contributed by atoms with E-state index in [9.17, 15) is 9.59 Å². The number of rotatable bonds is 12. The fourth-order valence-electron chi connectivity index (χ4n) is 3.50. The standard InChI is InChI=1S/C21H31NO4/c1-2-3-4-5-12-18-19(26-20(18)23)13-7-6-9-16-10-8-11-17(14-16)15-22-21(24)25/h8,10-11,14,18-19,22H,2-7,9,12-13,15H2,1H3,(H,24,25)/t18-,19-/m0/s1. The van der Waals surface area contributed by atoms with Gasteiger partial charge in [0.25, 0.3) is 0 Å². The van der Waals surface area contributed by atoms with Crippen LogP contribution in [0.2, 0.25) is 0 Å². The van der Waals surface area contributed by atoms with Gasteiger partial charge in [0, 0.05) is 6.54 Å². The van der Waals surface area contributed by atoms with Crippen LogP contribution >= 0.6 is 0 Å². The van der Waals surface area contributed by atoms with E-state index < -0.39 is 6.09 Å². The molecular formula is C21H31NO4. The van der Waals surface area contributed by atoms with E-state index in [2.05, 4.69) is 24.4 Å². The molecule has 1 aromatic carbocycles. The first-order valence-electron chi connectivity index (χ1n) is 9.85. The van der Waals surface area contributed by atoms with Crippen LogP contribution in [0.1, 0.15) is 69.4 Å². The highest BCUT2D eigenvalue weighted by Gasteiger charge is 2.40. The molecule has 1 aliphatic rings. The summed E-state index contributed by atoms with van der Waals surface area (Å²) in [5.41, 5.74) is 2.20. The molecule has 2 rings (SSSR count). The summed E-state index contributed by atoms with van der Waals surface area (Å²) in [6.45, 7) is 2.53. The minimum atomic E-state index is -1.00. The lowest BCUT2D eigenvalue weighted by molar-refractivity contribution is -0.186. The van der Waals surface area contributed by atoms with Gasteiger partial charge in [-0.3, -0.25) is 4.79 Å². The number of amides is 1. The number of unbranched alkanes of at least 4 members (excludes halogenated alkanes) is 4. The minimum Gasteiger partial charge on any atom is -0.465 e. The van der Waals surface area contributed by atoms with Crippen LogP contribution in [-0.2, 0) is 22.5 Å². The van der Waals surface area contributed by atoms with Gasteiger partial charge in [-0.1, -0.05) is 56.9 Å². The van der Waals surface area contributed by atoms with Crippen LogP contribution in [0.4, 0.5) is 4.79 Å². The molecule has 2 atom stereocenters. The molecule has 1 aliphatic heterocycles. The highest BCUT2D eigenvalue weighted by Crippen LogP contribution is 2.31. The van der Waals surface area contributed by atoms with Gasteiger partial charge in [-0.25, -0.2) is 4.79 Å². The topological polar surface area (TPSA) is 75.6 Å². The van der Waals surface area contributed by atoms with Crippen LogP contribution in [0, 0.1) is 5.92 Å². The lowest BCUT2D eigenvalue weighted by Crippen LogP contribution is -2.44. The van der Waals surface area contributed by atoms with E-state index in [0.29, 0.717) is 6.54 Å². The van der Waals surface area contributed by atoms with Crippen molar-refractivity contribution in [3.05, 3.63) is 35.4 Å². The van der Waals surface area contributed by atoms with Gasteiger partial charge in [-0.05, 0) is 43.2 Å². The molecule has 1 heterocycles. The number of aryl methyl sites for hydroxylation is 1. The van der Waals surface area contributed by atoms with E-state index in [-0.39, 0.29) is 18.0 Å². The summed E-state index contributed by atoms with van der Waals surface area (Å²) in [7, 11) is 0. The molecule has 0 radical (unpaired) electrons. The summed E-state index contributed by atoms with van der Waals surface area (Å²) < 4.78 is 5.33. The Morgan fingerprint density at radius 1 is 1.12 bits per heavy atom. The molecule has 0 spiro atoms. The molecule has 1 fully saturated rings. The van der Waals surface area contributed by atoms with Crippen LogP contribution in [0.15, 0.2) is 24.3 Å². The largest absolute Gasteiger partial charge is 0.465 e. The van der Waals surface area contributed by atoms with E-state index in [0.717, 1.165) is 44.1 Å². The Hall–Kier alpha value is -2.04. The second kappa shape index (κ2) is 10.8. The minimum absolute atomic E-state index is 0.00914. The molecule has 26 heavy (non-hydrogen) atoms. The third kappa shape index (κ3) is 6.70. The molecule has 2 N–H and O–H groups in total. The highest BCUT2D eigenvalue weighted by molar-refractivity contribution is 5.78. The summed E-state index contributed by atoms with van der Waals surface area (Å²) in [6.07, 6.45) is 8.88. The first-order chi connectivity index (χ1) is 12.6. The summed E-state index contributed by atoms with van der Waals surface area (Å²) in [4.78, 5) is 22.2. The van der Waals surface area contributed by atoms with E-state index in [1.54, 1.807) is 0 Å². The Bertz CT molecular complexity index is 587. The van der Waals surface area contributed by atoms with Gasteiger partial charge in [0.15, 0.2) is 0 Å². The average Bonchev–Trinajstić information content (AvgIpc) is 2.62. The lowest BCUT2D eigenvalue weighted by atomic mass is 9.87. The van der Waals surface area contributed by atoms with Crippen molar-refractivity contribution in [2.75, 3.05) is 0 Å². The zero-order valence-corrected chi connectivity index (χ0v) is 15.7. The Kier molecular flexibility index (Phi) is 8.45. The number of carbonyl (C=O) groups excluding carboxylic acids is 1. The SMILES string of the molecule is CCCCCC[C@@H]1C(=O)O[C@H]1CCCCc1cccc(CNC(=O)O)c1. The Balaban J connectivity index is 1.64. The molecular weight excluding hydrogens is 330 g/mol. The predicted molar refractivity (Wildman–Crippen MR) is 101 cm³/mol. The van der Waals surface area contributed by atoms with Gasteiger partial charge in [-0.15, -0.1) is 0 Å². The third-order valence-corrected chi connectivity index (χ3v) is 5.03. The van der Waals surface area contributed by atoms with Crippen LogP contribution in [0.5, 0.6) is 0 Å². The number of esters is 1. The van der Waals surface area contributed by atoms with E-state index in [4.69, 9.17) is 9.84 Å². The van der Waals surface area contributed by atoms with Gasteiger partial charge < -0.3 is 15.2 Å². The average molecular weight is 361 g/mol. The number of hydrogen-bond acceptors (Lipinski definition) is 3. The van der Waals surface area contributed by atoms with E-state index in [1.807, 2.05) is 12.1 Å². The molecule has 0 aliphatic carbocycles. The molecule has 5 heteroatoms. The number of carbonyl (C=O) groups is 2. The van der Waals surface area contributed by atoms with Crippen molar-refractivity contribution >= 4 is 12.1 Å². The Morgan fingerprint density at radius 3 is 2.62 bits per heavy atom. The van der Waals surface area contributed by atoms with E-state index in [1.165, 1.54) is 24.8 Å². The quantitative estimate of drug-likeness (QED) is 0.419. The number of benzene rings is 1. The van der Waals surface area contributed by atoms with Crippen molar-refractivity contribution in [2.24, 2.45) is 5.92 Å². The van der Waals surface area contributed by atoms with Crippen LogP contribution < -0.4 is 5.32 Å². The lowest BCUT2D eigenvalue weighted by Gasteiger charge is -2.35. The number of carboxylic acid groups (broad SMARTS) is 1. The van der Waals surface area contributed by atoms with Crippen LogP contribution in [0.3, 0.4) is 0 Å². The molecule has 0 bridgehead atoms. The predicted octanol–water partition coefficient (Wildman–Crippen LogP) is 4.68. The fraction of sp³-hybridized carbons (Fsp3) is 0.619. The molecule has 0 unspecified atom stereocenters. The van der Waals surface area contributed by atoms with Crippen molar-refractivity contribution in [3.8, 4) is 0 Å². The molecule has 1 aromatic rings. The smallest absolute Gasteiger partial charge is 0.404 e. The molecule has 1 saturated heterocycles. The summed E-state index contributed by atoms with van der Waals surface area (Å²) in [6, 6.07) is 8.02. The number of nitrogens with one attached hydrogen (secondary N) is 1. The maximum Gasteiger partial charge on any atom is 0.404 e. The Morgan fingerprint density at radius 2 is 1.88 bits per heavy atom. The molecule has 5 nitrogen and oxygen atoms in total. The van der Waals surface area contributed by atoms with Crippen molar-refractivity contribution in [1.29, 1.82) is 0 Å². The highest BCUT2D eigenvalue weighted by atomic mass is 16.6. The normalized spacial score (nSPS) is 18.9. The first-order valence-corrected chi connectivity index (χ1v) is 9.85. The summed E-state index contributed by atoms with van der Waals surface area (Å²) >= 11 is 0. The van der Waals surface area contributed by atoms with Gasteiger partial charge in [0.1, 0.15) is 6.10 Å². The van der Waals surface area contributed by atoms with E-state index >= 15 is 0 Å². The van der Waals surface area contributed by atoms with Crippen molar-refractivity contribution in [2.45, 2.75) is 77.4 Å². The third-order valence-electron chi connectivity index (χ3n) is 5.03. The maximum atomic E-state index is 11.6. The Labute approximate surface area is 156 Å². The zero-order chi connectivity index (χ0) is 18.8. The van der Waals surface area contributed by atoms with Gasteiger partial charge in [-0.2, -0.15) is 0 Å². The van der Waals surface area contributed by atoms with Gasteiger partial charge in [0.05, 0.1) is 5.92 Å². The second-order valence-electron chi connectivity index (χ2n) is 7.16. The summed E-state index contributed by atoms with van der Waals surface area (Å²) in [5.74, 6) is 0.113. The molecule has 0 aromatic heterocycles. The van der Waals surface area contributed by atoms with Gasteiger partial charge >= 0.3 is 12.1 Å². The van der Waals surface area contributed by atoms with Crippen LogP contribution in [-0.4, -0.2) is 23.3 Å². The van der Waals surface area contributed by atoms with Gasteiger partial charge in [0.2, 0.25) is 0 Å².